The van der Waals surface area contributed by atoms with Crippen LogP contribution in [0.25, 0.3) is 0 Å². The average Bonchev–Trinajstić information content (AvgIpc) is 2.87. The van der Waals surface area contributed by atoms with Crippen molar-refractivity contribution in [2.75, 3.05) is 5.73 Å². The van der Waals surface area contributed by atoms with Crippen molar-refractivity contribution < 1.29 is 4.79 Å². The maximum atomic E-state index is 12.2. The fourth-order valence-corrected chi connectivity index (χ4v) is 2.33. The minimum Gasteiger partial charge on any atom is -0.395 e. The van der Waals surface area contributed by atoms with Crippen LogP contribution in [-0.2, 0) is 19.4 Å². The predicted octanol–water partition coefficient (Wildman–Crippen LogP) is 2.44. The van der Waals surface area contributed by atoms with Crippen molar-refractivity contribution in [3.63, 3.8) is 0 Å². The molecule has 0 saturated carbocycles. The number of nitrogens with two attached hydrogens (primary N) is 1. The molecule has 112 valence electrons. The summed E-state index contributed by atoms with van der Waals surface area (Å²) in [5, 5.41) is 9.75. The summed E-state index contributed by atoms with van der Waals surface area (Å²) in [6.07, 6.45) is 2.69. The van der Waals surface area contributed by atoms with Crippen LogP contribution in [0.5, 0.6) is 0 Å². The van der Waals surface area contributed by atoms with E-state index in [9.17, 15) is 4.79 Å². The molecule has 5 heteroatoms. The molecule has 0 unspecified atom stereocenters. The fraction of sp³-hybridized carbons (Fsp3) is 0.375. The molecule has 0 aliphatic carbocycles. The van der Waals surface area contributed by atoms with E-state index in [0.717, 1.165) is 30.5 Å². The summed E-state index contributed by atoms with van der Waals surface area (Å²) in [5.74, 6) is -0.239. The Kier molecular flexibility index (Phi) is 4.98. The van der Waals surface area contributed by atoms with Crippen molar-refractivity contribution in [2.45, 2.75) is 39.7 Å². The fourth-order valence-electron chi connectivity index (χ4n) is 2.33. The topological polar surface area (TPSA) is 83.8 Å². The minimum absolute atomic E-state index is 0.239. The molecule has 0 atom stereocenters. The first-order valence-corrected chi connectivity index (χ1v) is 7.35. The Labute approximate surface area is 124 Å². The Balaban J connectivity index is 2.05. The van der Waals surface area contributed by atoms with Gasteiger partial charge in [0.05, 0.1) is 11.4 Å². The quantitative estimate of drug-likeness (QED) is 0.762. The molecule has 0 aliphatic rings. The molecule has 21 heavy (non-hydrogen) atoms. The van der Waals surface area contributed by atoms with E-state index in [0.29, 0.717) is 12.2 Å². The Morgan fingerprint density at radius 2 is 2.00 bits per heavy atom. The highest BCUT2D eigenvalue weighted by molar-refractivity contribution is 5.97. The smallest absolute Gasteiger partial charge is 0.274 e. The molecule has 1 aromatic carbocycles. The number of rotatable bonds is 6. The number of nitrogens with zero attached hydrogens (tertiary/aromatic N) is 1. The van der Waals surface area contributed by atoms with E-state index < -0.39 is 0 Å². The third-order valence-electron chi connectivity index (χ3n) is 3.54. The van der Waals surface area contributed by atoms with Crippen LogP contribution in [0.3, 0.4) is 0 Å². The van der Waals surface area contributed by atoms with E-state index in [1.165, 1.54) is 5.56 Å². The molecular formula is C16H22N4O. The summed E-state index contributed by atoms with van der Waals surface area (Å²) in [5.41, 5.74) is 9.89. The Morgan fingerprint density at radius 3 is 2.67 bits per heavy atom. The number of aryl methyl sites for hydroxylation is 2. The summed E-state index contributed by atoms with van der Waals surface area (Å²) in [4.78, 5) is 12.2. The second kappa shape index (κ2) is 6.92. The van der Waals surface area contributed by atoms with Crippen LogP contribution < -0.4 is 11.1 Å². The molecule has 2 rings (SSSR count). The van der Waals surface area contributed by atoms with Gasteiger partial charge in [-0.15, -0.1) is 0 Å². The van der Waals surface area contributed by atoms with E-state index in [-0.39, 0.29) is 11.6 Å². The minimum atomic E-state index is -0.239. The van der Waals surface area contributed by atoms with Gasteiger partial charge in [-0.25, -0.2) is 0 Å². The zero-order valence-electron chi connectivity index (χ0n) is 12.6. The van der Waals surface area contributed by atoms with E-state index in [2.05, 4.69) is 35.4 Å². The number of H-pyrrole nitrogens is 1. The Morgan fingerprint density at radius 1 is 1.29 bits per heavy atom. The van der Waals surface area contributed by atoms with Crippen LogP contribution in [0.1, 0.15) is 47.6 Å². The van der Waals surface area contributed by atoms with Crippen LogP contribution in [-0.4, -0.2) is 16.1 Å². The van der Waals surface area contributed by atoms with E-state index >= 15 is 0 Å². The second-order valence-corrected chi connectivity index (χ2v) is 5.02. The number of hydrogen-bond donors (Lipinski definition) is 3. The van der Waals surface area contributed by atoms with Crippen LogP contribution in [0.15, 0.2) is 24.3 Å². The maximum Gasteiger partial charge on any atom is 0.274 e. The first-order chi connectivity index (χ1) is 10.2. The molecule has 0 bridgehead atoms. The van der Waals surface area contributed by atoms with E-state index in [1.54, 1.807) is 0 Å². The lowest BCUT2D eigenvalue weighted by molar-refractivity contribution is 0.0946. The lowest BCUT2D eigenvalue weighted by atomic mass is 10.1. The predicted molar refractivity (Wildman–Crippen MR) is 84.0 cm³/mol. The molecular weight excluding hydrogens is 264 g/mol. The van der Waals surface area contributed by atoms with Crippen LogP contribution >= 0.6 is 0 Å². The van der Waals surface area contributed by atoms with Crippen molar-refractivity contribution in [1.82, 2.24) is 15.5 Å². The van der Waals surface area contributed by atoms with E-state index in [1.807, 2.05) is 18.2 Å². The number of benzene rings is 1. The van der Waals surface area contributed by atoms with Crippen molar-refractivity contribution in [1.29, 1.82) is 0 Å². The van der Waals surface area contributed by atoms with Gasteiger partial charge in [0.1, 0.15) is 0 Å². The van der Waals surface area contributed by atoms with Gasteiger partial charge in [-0.3, -0.25) is 9.89 Å². The zero-order valence-corrected chi connectivity index (χ0v) is 12.6. The van der Waals surface area contributed by atoms with Gasteiger partial charge in [-0.05, 0) is 24.0 Å². The van der Waals surface area contributed by atoms with Gasteiger partial charge in [0.2, 0.25) is 0 Å². The van der Waals surface area contributed by atoms with Crippen molar-refractivity contribution in [3.05, 3.63) is 46.8 Å². The summed E-state index contributed by atoms with van der Waals surface area (Å²) in [6.45, 7) is 4.64. The maximum absolute atomic E-state index is 12.2. The van der Waals surface area contributed by atoms with Crippen LogP contribution in [0.2, 0.25) is 0 Å². The summed E-state index contributed by atoms with van der Waals surface area (Å²) >= 11 is 0. The lowest BCUT2D eigenvalue weighted by Gasteiger charge is -2.08. The monoisotopic (exact) mass is 286 g/mol. The average molecular weight is 286 g/mol. The van der Waals surface area contributed by atoms with Gasteiger partial charge in [-0.1, -0.05) is 44.5 Å². The normalized spacial score (nSPS) is 10.6. The van der Waals surface area contributed by atoms with Crippen LogP contribution in [0, 0.1) is 0 Å². The number of carbonyl (C=O) groups is 1. The number of aromatic nitrogens is 2. The Bertz CT molecular complexity index is 618. The van der Waals surface area contributed by atoms with Gasteiger partial charge in [-0.2, -0.15) is 5.10 Å². The molecule has 1 heterocycles. The van der Waals surface area contributed by atoms with Gasteiger partial charge >= 0.3 is 0 Å². The number of anilines is 1. The first kappa shape index (κ1) is 15.1. The van der Waals surface area contributed by atoms with Crippen molar-refractivity contribution in [3.8, 4) is 0 Å². The van der Waals surface area contributed by atoms with Gasteiger partial charge in [0.25, 0.3) is 5.91 Å². The standard InChI is InChI=1S/C16H22N4O/c1-3-7-13-14(17)15(20-19-13)16(21)18-10-12-9-6-5-8-11(12)4-2/h5-6,8-9H,3-4,7,10,17H2,1-2H3,(H,18,21)(H,19,20). The number of nitrogen functional groups attached to an aromatic ring is 1. The van der Waals surface area contributed by atoms with E-state index in [4.69, 9.17) is 5.73 Å². The molecule has 4 N–H and O–H groups in total. The molecule has 0 radical (unpaired) electrons. The third kappa shape index (κ3) is 3.42. The largest absolute Gasteiger partial charge is 0.395 e. The molecule has 1 aromatic heterocycles. The SMILES string of the molecule is CCCc1[nH]nc(C(=O)NCc2ccccc2CC)c1N. The highest BCUT2D eigenvalue weighted by Gasteiger charge is 2.16. The second-order valence-electron chi connectivity index (χ2n) is 5.02. The number of nitrogens with one attached hydrogen (secondary N) is 2. The third-order valence-corrected chi connectivity index (χ3v) is 3.54. The van der Waals surface area contributed by atoms with Gasteiger partial charge in [0.15, 0.2) is 5.69 Å². The molecule has 1 amide bonds. The zero-order chi connectivity index (χ0) is 15.2. The number of hydrogen-bond acceptors (Lipinski definition) is 3. The molecule has 0 spiro atoms. The highest BCUT2D eigenvalue weighted by atomic mass is 16.1. The molecule has 0 fully saturated rings. The van der Waals surface area contributed by atoms with Crippen LogP contribution in [0.4, 0.5) is 5.69 Å². The highest BCUT2D eigenvalue weighted by Crippen LogP contribution is 2.16. The number of carbonyl (C=O) groups excluding carboxylic acids is 1. The Hall–Kier alpha value is -2.30. The molecule has 5 nitrogen and oxygen atoms in total. The molecule has 0 aliphatic heterocycles. The number of amides is 1. The molecule has 2 aromatic rings. The van der Waals surface area contributed by atoms with Gasteiger partial charge < -0.3 is 11.1 Å². The summed E-state index contributed by atoms with van der Waals surface area (Å²) in [6, 6.07) is 8.08. The summed E-state index contributed by atoms with van der Waals surface area (Å²) < 4.78 is 0. The van der Waals surface area contributed by atoms with Crippen molar-refractivity contribution >= 4 is 11.6 Å². The first-order valence-electron chi connectivity index (χ1n) is 7.35. The van der Waals surface area contributed by atoms with Gasteiger partial charge in [0, 0.05) is 6.54 Å². The number of aromatic amines is 1. The molecule has 0 saturated heterocycles. The summed E-state index contributed by atoms with van der Waals surface area (Å²) in [7, 11) is 0. The lowest BCUT2D eigenvalue weighted by Crippen LogP contribution is -2.24. The van der Waals surface area contributed by atoms with Crippen molar-refractivity contribution in [2.24, 2.45) is 0 Å².